The van der Waals surface area contributed by atoms with E-state index in [0.29, 0.717) is 13.2 Å². The highest BCUT2D eigenvalue weighted by Crippen LogP contribution is 2.19. The summed E-state index contributed by atoms with van der Waals surface area (Å²) in [5, 5.41) is 4.26. The van der Waals surface area contributed by atoms with Gasteiger partial charge in [0.25, 0.3) is 0 Å². The van der Waals surface area contributed by atoms with E-state index in [1.54, 1.807) is 11.3 Å². The quantitative estimate of drug-likeness (QED) is 0.826. The molecule has 0 amide bonds. The minimum absolute atomic E-state index is 0.625. The monoisotopic (exact) mass is 262 g/mol. The Balaban J connectivity index is 1.75. The smallest absolute Gasteiger partial charge is 0.182 e. The fourth-order valence-electron chi connectivity index (χ4n) is 1.53. The Morgan fingerprint density at radius 1 is 1.22 bits per heavy atom. The Hall–Kier alpha value is -1.39. The van der Waals surface area contributed by atoms with Gasteiger partial charge in [-0.05, 0) is 12.0 Å². The third-order valence-electron chi connectivity index (χ3n) is 2.44. The largest absolute Gasteiger partial charge is 0.371 e. The summed E-state index contributed by atoms with van der Waals surface area (Å²) in [4.78, 5) is 5.46. The number of rotatable bonds is 7. The van der Waals surface area contributed by atoms with E-state index in [0.717, 1.165) is 23.0 Å². The molecule has 2 rings (SSSR count). The molecule has 3 nitrogen and oxygen atoms in total. The van der Waals surface area contributed by atoms with Crippen molar-refractivity contribution in [2.75, 3.05) is 11.9 Å². The number of ether oxygens (including phenoxy) is 1. The summed E-state index contributed by atoms with van der Waals surface area (Å²) in [6.07, 6.45) is 2.99. The Kier molecular flexibility index (Phi) is 5.17. The number of hydrogen-bond donors (Lipinski definition) is 1. The maximum absolute atomic E-state index is 5.67. The van der Waals surface area contributed by atoms with E-state index in [2.05, 4.69) is 29.4 Å². The van der Waals surface area contributed by atoms with Crippen molar-refractivity contribution in [2.45, 2.75) is 26.6 Å². The van der Waals surface area contributed by atoms with Crippen LogP contribution in [0.2, 0.25) is 0 Å². The van der Waals surface area contributed by atoms with Gasteiger partial charge in [0.15, 0.2) is 5.13 Å². The Bertz CT molecular complexity index is 456. The second-order valence-electron chi connectivity index (χ2n) is 4.04. The molecule has 0 atom stereocenters. The molecule has 0 bridgehead atoms. The summed E-state index contributed by atoms with van der Waals surface area (Å²) in [6, 6.07) is 10.2. The van der Waals surface area contributed by atoms with Crippen LogP contribution in [-0.4, -0.2) is 11.5 Å². The highest BCUT2D eigenvalue weighted by molar-refractivity contribution is 7.15. The van der Waals surface area contributed by atoms with Crippen LogP contribution >= 0.6 is 11.3 Å². The van der Waals surface area contributed by atoms with Crippen LogP contribution < -0.4 is 5.32 Å². The van der Waals surface area contributed by atoms with Crippen molar-refractivity contribution in [3.05, 3.63) is 47.0 Å². The highest BCUT2D eigenvalue weighted by Gasteiger charge is 2.01. The van der Waals surface area contributed by atoms with Crippen LogP contribution in [0.3, 0.4) is 0 Å². The molecule has 0 saturated heterocycles. The third-order valence-corrected chi connectivity index (χ3v) is 3.36. The fraction of sp³-hybridized carbons (Fsp3) is 0.357. The number of thiazole rings is 1. The molecule has 0 fully saturated rings. The molecule has 0 aliphatic carbocycles. The number of nitrogens with one attached hydrogen (secondary N) is 1. The van der Waals surface area contributed by atoms with Crippen molar-refractivity contribution in [1.82, 2.24) is 4.98 Å². The van der Waals surface area contributed by atoms with Gasteiger partial charge in [-0.1, -0.05) is 48.6 Å². The van der Waals surface area contributed by atoms with Crippen LogP contribution in [0.1, 0.15) is 23.8 Å². The molecule has 1 heterocycles. The van der Waals surface area contributed by atoms with Crippen LogP contribution in [0, 0.1) is 0 Å². The van der Waals surface area contributed by atoms with E-state index < -0.39 is 0 Å². The molecular weight excluding hydrogens is 244 g/mol. The van der Waals surface area contributed by atoms with E-state index >= 15 is 0 Å². The molecule has 96 valence electrons. The van der Waals surface area contributed by atoms with Crippen molar-refractivity contribution >= 4 is 16.5 Å². The number of anilines is 1. The molecule has 0 spiro atoms. The summed E-state index contributed by atoms with van der Waals surface area (Å²) in [6.45, 7) is 4.39. The molecule has 0 unspecified atom stereocenters. The first kappa shape index (κ1) is 13.1. The van der Waals surface area contributed by atoms with Crippen LogP contribution in [0.15, 0.2) is 36.5 Å². The molecule has 2 aromatic rings. The van der Waals surface area contributed by atoms with Crippen LogP contribution in [-0.2, 0) is 18.0 Å². The summed E-state index contributed by atoms with van der Waals surface area (Å²) < 4.78 is 5.67. The third kappa shape index (κ3) is 4.13. The maximum Gasteiger partial charge on any atom is 0.182 e. The van der Waals surface area contributed by atoms with Crippen molar-refractivity contribution in [3.63, 3.8) is 0 Å². The molecule has 1 N–H and O–H groups in total. The summed E-state index contributed by atoms with van der Waals surface area (Å²) in [5.74, 6) is 0. The lowest BCUT2D eigenvalue weighted by Gasteiger charge is -2.02. The number of nitrogens with zero attached hydrogens (tertiary/aromatic N) is 1. The lowest BCUT2D eigenvalue weighted by atomic mass is 10.2. The average molecular weight is 262 g/mol. The summed E-state index contributed by atoms with van der Waals surface area (Å²) in [5.41, 5.74) is 1.20. The zero-order valence-corrected chi connectivity index (χ0v) is 11.4. The molecule has 4 heteroatoms. The zero-order chi connectivity index (χ0) is 12.6. The van der Waals surface area contributed by atoms with Gasteiger partial charge in [0.05, 0.1) is 18.1 Å². The normalized spacial score (nSPS) is 10.5. The SMILES string of the molecule is CCCNc1ncc(COCc2ccccc2)s1. The van der Waals surface area contributed by atoms with Crippen molar-refractivity contribution in [1.29, 1.82) is 0 Å². The molecule has 1 aromatic heterocycles. The van der Waals surface area contributed by atoms with E-state index in [-0.39, 0.29) is 0 Å². The van der Waals surface area contributed by atoms with Gasteiger partial charge >= 0.3 is 0 Å². The minimum Gasteiger partial charge on any atom is -0.371 e. The number of aromatic nitrogens is 1. The molecule has 18 heavy (non-hydrogen) atoms. The molecule has 0 aliphatic heterocycles. The van der Waals surface area contributed by atoms with E-state index in [9.17, 15) is 0 Å². The summed E-state index contributed by atoms with van der Waals surface area (Å²) >= 11 is 1.66. The molecular formula is C14H18N2OS. The Morgan fingerprint density at radius 3 is 2.83 bits per heavy atom. The van der Waals surface area contributed by atoms with Crippen LogP contribution in [0.4, 0.5) is 5.13 Å². The van der Waals surface area contributed by atoms with Crippen LogP contribution in [0.25, 0.3) is 0 Å². The first-order valence-electron chi connectivity index (χ1n) is 6.18. The van der Waals surface area contributed by atoms with Gasteiger partial charge in [0.1, 0.15) is 0 Å². The number of hydrogen-bond acceptors (Lipinski definition) is 4. The van der Waals surface area contributed by atoms with Crippen LogP contribution in [0.5, 0.6) is 0 Å². The van der Waals surface area contributed by atoms with E-state index in [4.69, 9.17) is 4.74 Å². The summed E-state index contributed by atoms with van der Waals surface area (Å²) in [7, 11) is 0. The van der Waals surface area contributed by atoms with Gasteiger partial charge in [-0.15, -0.1) is 0 Å². The molecule has 0 aliphatic rings. The molecule has 1 aromatic carbocycles. The predicted octanol–water partition coefficient (Wildman–Crippen LogP) is 3.68. The van der Waals surface area contributed by atoms with Gasteiger partial charge in [0.2, 0.25) is 0 Å². The van der Waals surface area contributed by atoms with Gasteiger partial charge < -0.3 is 10.1 Å². The maximum atomic E-state index is 5.67. The second-order valence-corrected chi connectivity index (χ2v) is 5.15. The Labute approximate surface area is 112 Å². The zero-order valence-electron chi connectivity index (χ0n) is 10.6. The standard InChI is InChI=1S/C14H18N2OS/c1-2-8-15-14-16-9-13(18-14)11-17-10-12-6-4-3-5-7-12/h3-7,9H,2,8,10-11H2,1H3,(H,15,16). The lowest BCUT2D eigenvalue weighted by Crippen LogP contribution is -1.97. The topological polar surface area (TPSA) is 34.2 Å². The van der Waals surface area contributed by atoms with E-state index in [1.807, 2.05) is 24.4 Å². The highest BCUT2D eigenvalue weighted by atomic mass is 32.1. The fourth-order valence-corrected chi connectivity index (χ4v) is 2.31. The van der Waals surface area contributed by atoms with Gasteiger partial charge in [0, 0.05) is 12.7 Å². The van der Waals surface area contributed by atoms with E-state index in [1.165, 1.54) is 5.56 Å². The first-order chi connectivity index (χ1) is 8.88. The molecule has 0 radical (unpaired) electrons. The van der Waals surface area contributed by atoms with Gasteiger partial charge in [-0.3, -0.25) is 0 Å². The van der Waals surface area contributed by atoms with Crippen molar-refractivity contribution < 1.29 is 4.74 Å². The number of benzene rings is 1. The van der Waals surface area contributed by atoms with Crippen molar-refractivity contribution in [3.8, 4) is 0 Å². The Morgan fingerprint density at radius 2 is 2.06 bits per heavy atom. The first-order valence-corrected chi connectivity index (χ1v) is 7.00. The average Bonchev–Trinajstić information content (AvgIpc) is 2.85. The van der Waals surface area contributed by atoms with Gasteiger partial charge in [-0.25, -0.2) is 4.98 Å². The molecule has 0 saturated carbocycles. The minimum atomic E-state index is 0.625. The van der Waals surface area contributed by atoms with Crippen molar-refractivity contribution in [2.24, 2.45) is 0 Å². The second kappa shape index (κ2) is 7.13. The van der Waals surface area contributed by atoms with Gasteiger partial charge in [-0.2, -0.15) is 0 Å². The predicted molar refractivity (Wildman–Crippen MR) is 75.8 cm³/mol. The lowest BCUT2D eigenvalue weighted by molar-refractivity contribution is 0.109.